The highest BCUT2D eigenvalue weighted by Gasteiger charge is 2.32. The van der Waals surface area contributed by atoms with E-state index in [1.54, 1.807) is 11.6 Å². The number of ether oxygens (including phenoxy) is 1. The zero-order chi connectivity index (χ0) is 13.2. The molecule has 18 heavy (non-hydrogen) atoms. The molecule has 0 amide bonds. The fraction of sp³-hybridized carbons (Fsp3) is 0.182. The molecule has 2 aromatic rings. The molecular formula is C11H9F3N2OS. The van der Waals surface area contributed by atoms with Crippen LogP contribution in [-0.2, 0) is 0 Å². The summed E-state index contributed by atoms with van der Waals surface area (Å²) >= 11 is 1.28. The highest BCUT2D eigenvalue weighted by atomic mass is 32.1. The molecule has 96 valence electrons. The first-order valence-corrected chi connectivity index (χ1v) is 5.84. The van der Waals surface area contributed by atoms with Gasteiger partial charge in [-0.2, -0.15) is 0 Å². The Balaban J connectivity index is 2.33. The summed E-state index contributed by atoms with van der Waals surface area (Å²) in [5.74, 6) is -0.286. The molecule has 2 N–H and O–H groups in total. The number of hydrogen-bond donors (Lipinski definition) is 1. The maximum atomic E-state index is 12.3. The molecule has 1 aromatic carbocycles. The largest absolute Gasteiger partial charge is 0.573 e. The average Bonchev–Trinajstić information content (AvgIpc) is 2.80. The topological polar surface area (TPSA) is 48.1 Å². The molecule has 1 unspecified atom stereocenters. The molecule has 0 aliphatic rings. The maximum Gasteiger partial charge on any atom is 0.573 e. The van der Waals surface area contributed by atoms with Gasteiger partial charge in [0, 0.05) is 16.6 Å². The molecular weight excluding hydrogens is 265 g/mol. The van der Waals surface area contributed by atoms with Gasteiger partial charge in [0.05, 0.1) is 11.6 Å². The highest BCUT2D eigenvalue weighted by Crippen LogP contribution is 2.33. The molecule has 1 aromatic heterocycles. The number of hydrogen-bond acceptors (Lipinski definition) is 4. The van der Waals surface area contributed by atoms with Gasteiger partial charge in [0.15, 0.2) is 0 Å². The van der Waals surface area contributed by atoms with Crippen molar-refractivity contribution >= 4 is 11.3 Å². The standard InChI is InChI=1S/C11H9F3N2OS/c12-11(13,14)17-8-4-2-1-3-7(8)10(15)9-5-16-6-18-9/h1-6,10H,15H2. The van der Waals surface area contributed by atoms with E-state index in [-0.39, 0.29) is 11.3 Å². The lowest BCUT2D eigenvalue weighted by Crippen LogP contribution is -2.20. The van der Waals surface area contributed by atoms with Crippen LogP contribution in [0.15, 0.2) is 36.0 Å². The van der Waals surface area contributed by atoms with Crippen LogP contribution in [0.1, 0.15) is 16.5 Å². The van der Waals surface area contributed by atoms with Crippen molar-refractivity contribution in [3.63, 3.8) is 0 Å². The van der Waals surface area contributed by atoms with Crippen LogP contribution < -0.4 is 10.5 Å². The van der Waals surface area contributed by atoms with Crippen molar-refractivity contribution in [2.45, 2.75) is 12.4 Å². The van der Waals surface area contributed by atoms with Crippen LogP contribution >= 0.6 is 11.3 Å². The number of benzene rings is 1. The van der Waals surface area contributed by atoms with Gasteiger partial charge in [-0.1, -0.05) is 18.2 Å². The van der Waals surface area contributed by atoms with Crippen LogP contribution in [-0.4, -0.2) is 11.3 Å². The monoisotopic (exact) mass is 274 g/mol. The number of rotatable bonds is 3. The zero-order valence-electron chi connectivity index (χ0n) is 9.02. The number of thiazole rings is 1. The maximum absolute atomic E-state index is 12.3. The van der Waals surface area contributed by atoms with E-state index in [2.05, 4.69) is 9.72 Å². The molecule has 0 fully saturated rings. The summed E-state index contributed by atoms with van der Waals surface area (Å²) < 4.78 is 40.7. The Morgan fingerprint density at radius 2 is 2.00 bits per heavy atom. The van der Waals surface area contributed by atoms with Crippen molar-refractivity contribution in [2.75, 3.05) is 0 Å². The van der Waals surface area contributed by atoms with Crippen LogP contribution in [0.3, 0.4) is 0 Å². The third-order valence-corrected chi connectivity index (χ3v) is 3.10. The predicted molar refractivity (Wildman–Crippen MR) is 61.3 cm³/mol. The van der Waals surface area contributed by atoms with Gasteiger partial charge in [0.25, 0.3) is 0 Å². The summed E-state index contributed by atoms with van der Waals surface area (Å²) in [6.07, 6.45) is -3.21. The average molecular weight is 274 g/mol. The number of alkyl halides is 3. The summed E-state index contributed by atoms with van der Waals surface area (Å²) in [6.45, 7) is 0. The van der Waals surface area contributed by atoms with Crippen molar-refractivity contribution < 1.29 is 17.9 Å². The van der Waals surface area contributed by atoms with Crippen LogP contribution in [0.2, 0.25) is 0 Å². The summed E-state index contributed by atoms with van der Waals surface area (Å²) in [7, 11) is 0. The lowest BCUT2D eigenvalue weighted by molar-refractivity contribution is -0.274. The fourth-order valence-corrected chi connectivity index (χ4v) is 2.13. The van der Waals surface area contributed by atoms with E-state index < -0.39 is 12.4 Å². The third-order valence-electron chi connectivity index (χ3n) is 2.24. The summed E-state index contributed by atoms with van der Waals surface area (Å²) in [5.41, 5.74) is 7.75. The van der Waals surface area contributed by atoms with Crippen molar-refractivity contribution in [2.24, 2.45) is 5.73 Å². The Morgan fingerprint density at radius 1 is 1.28 bits per heavy atom. The van der Waals surface area contributed by atoms with Gasteiger partial charge < -0.3 is 10.5 Å². The molecule has 7 heteroatoms. The van der Waals surface area contributed by atoms with Crippen LogP contribution in [0.4, 0.5) is 13.2 Å². The van der Waals surface area contributed by atoms with Crippen LogP contribution in [0.5, 0.6) is 5.75 Å². The van der Waals surface area contributed by atoms with Gasteiger partial charge in [0.1, 0.15) is 5.75 Å². The van der Waals surface area contributed by atoms with Crippen molar-refractivity contribution in [1.82, 2.24) is 4.98 Å². The van der Waals surface area contributed by atoms with Crippen molar-refractivity contribution in [3.8, 4) is 5.75 Å². The van der Waals surface area contributed by atoms with E-state index in [0.29, 0.717) is 4.88 Å². The van der Waals surface area contributed by atoms with Crippen LogP contribution in [0, 0.1) is 0 Å². The molecule has 1 atom stereocenters. The van der Waals surface area contributed by atoms with Crippen molar-refractivity contribution in [3.05, 3.63) is 46.4 Å². The van der Waals surface area contributed by atoms with E-state index in [1.807, 2.05) is 0 Å². The molecule has 0 aliphatic heterocycles. The lowest BCUT2D eigenvalue weighted by atomic mass is 10.1. The summed E-state index contributed by atoms with van der Waals surface area (Å²) in [4.78, 5) is 4.52. The van der Waals surface area contributed by atoms with E-state index in [1.165, 1.54) is 35.7 Å². The van der Waals surface area contributed by atoms with E-state index in [9.17, 15) is 13.2 Å². The molecule has 0 saturated carbocycles. The Labute approximate surface area is 105 Å². The van der Waals surface area contributed by atoms with Gasteiger partial charge >= 0.3 is 6.36 Å². The third kappa shape index (κ3) is 2.99. The Morgan fingerprint density at radius 3 is 2.61 bits per heavy atom. The van der Waals surface area contributed by atoms with Gasteiger partial charge in [-0.15, -0.1) is 24.5 Å². The van der Waals surface area contributed by atoms with Crippen molar-refractivity contribution in [1.29, 1.82) is 0 Å². The second-order valence-corrected chi connectivity index (χ2v) is 4.39. The minimum absolute atomic E-state index is 0.277. The second-order valence-electron chi connectivity index (χ2n) is 3.47. The smallest absolute Gasteiger partial charge is 0.405 e. The van der Waals surface area contributed by atoms with Gasteiger partial charge in [-0.3, -0.25) is 4.98 Å². The van der Waals surface area contributed by atoms with Gasteiger partial charge in [0.2, 0.25) is 0 Å². The molecule has 0 bridgehead atoms. The number of para-hydroxylation sites is 1. The van der Waals surface area contributed by atoms with E-state index >= 15 is 0 Å². The number of aromatic nitrogens is 1. The highest BCUT2D eigenvalue weighted by molar-refractivity contribution is 7.09. The second kappa shape index (κ2) is 4.95. The first-order valence-electron chi connectivity index (χ1n) is 4.96. The Kier molecular flexibility index (Phi) is 3.53. The molecule has 0 aliphatic carbocycles. The first kappa shape index (κ1) is 12.8. The number of nitrogens with zero attached hydrogens (tertiary/aromatic N) is 1. The van der Waals surface area contributed by atoms with E-state index in [4.69, 9.17) is 5.73 Å². The number of nitrogens with two attached hydrogens (primary N) is 1. The molecule has 2 rings (SSSR count). The summed E-state index contributed by atoms with van der Waals surface area (Å²) in [6, 6.07) is 5.13. The minimum atomic E-state index is -4.73. The molecule has 3 nitrogen and oxygen atoms in total. The zero-order valence-corrected chi connectivity index (χ0v) is 9.83. The molecule has 0 saturated heterocycles. The summed E-state index contributed by atoms with van der Waals surface area (Å²) in [5, 5.41) is 0. The molecule has 0 spiro atoms. The first-order chi connectivity index (χ1) is 8.47. The Hall–Kier alpha value is -1.60. The predicted octanol–water partition coefficient (Wildman–Crippen LogP) is 3.09. The normalized spacial score (nSPS) is 13.3. The molecule has 0 radical (unpaired) electrons. The number of halogens is 3. The minimum Gasteiger partial charge on any atom is -0.405 e. The lowest BCUT2D eigenvalue weighted by Gasteiger charge is -2.16. The molecule has 1 heterocycles. The fourth-order valence-electron chi connectivity index (χ4n) is 1.49. The van der Waals surface area contributed by atoms with Gasteiger partial charge in [-0.25, -0.2) is 0 Å². The quantitative estimate of drug-likeness (QED) is 0.935. The SMILES string of the molecule is NC(c1cncs1)c1ccccc1OC(F)(F)F. The van der Waals surface area contributed by atoms with Crippen LogP contribution in [0.25, 0.3) is 0 Å². The Bertz CT molecular complexity index is 513. The van der Waals surface area contributed by atoms with E-state index in [0.717, 1.165) is 0 Å². The van der Waals surface area contributed by atoms with Gasteiger partial charge in [-0.05, 0) is 6.07 Å².